The summed E-state index contributed by atoms with van der Waals surface area (Å²) < 4.78 is 32.4. The van der Waals surface area contributed by atoms with Crippen LogP contribution in [0.2, 0.25) is 0 Å². The molecule has 24 heavy (non-hydrogen) atoms. The number of nitrogens with one attached hydrogen (secondary N) is 1. The highest BCUT2D eigenvalue weighted by Crippen LogP contribution is 2.26. The van der Waals surface area contributed by atoms with Gasteiger partial charge >= 0.3 is 5.97 Å². The maximum atomic E-state index is 12.6. The van der Waals surface area contributed by atoms with E-state index in [-0.39, 0.29) is 29.4 Å². The lowest BCUT2D eigenvalue weighted by atomic mass is 9.83. The van der Waals surface area contributed by atoms with Crippen LogP contribution in [0, 0.1) is 6.92 Å². The van der Waals surface area contributed by atoms with Crippen molar-refractivity contribution in [1.82, 2.24) is 4.72 Å². The van der Waals surface area contributed by atoms with E-state index in [1.165, 1.54) is 13.2 Å². The van der Waals surface area contributed by atoms with E-state index in [2.05, 4.69) is 9.46 Å². The van der Waals surface area contributed by atoms with Crippen molar-refractivity contribution in [2.75, 3.05) is 13.7 Å². The summed E-state index contributed by atoms with van der Waals surface area (Å²) in [7, 11) is -2.47. The van der Waals surface area contributed by atoms with E-state index >= 15 is 0 Å². The van der Waals surface area contributed by atoms with Crippen LogP contribution in [0.25, 0.3) is 0 Å². The number of rotatable bonds is 5. The molecule has 6 nitrogen and oxygen atoms in total. The van der Waals surface area contributed by atoms with Crippen LogP contribution in [0.15, 0.2) is 23.1 Å². The van der Waals surface area contributed by atoms with Gasteiger partial charge in [-0.2, -0.15) is 0 Å². The molecule has 1 aliphatic rings. The van der Waals surface area contributed by atoms with Gasteiger partial charge in [0.05, 0.1) is 17.6 Å². The monoisotopic (exact) mass is 376 g/mol. The second kappa shape index (κ2) is 8.29. The van der Waals surface area contributed by atoms with E-state index in [1.54, 1.807) is 19.1 Å². The predicted octanol–water partition coefficient (Wildman–Crippen LogP) is 2.14. The maximum Gasteiger partial charge on any atom is 0.337 e. The van der Waals surface area contributed by atoms with Crippen LogP contribution in [-0.4, -0.2) is 33.6 Å². The molecule has 1 aliphatic carbocycles. The van der Waals surface area contributed by atoms with Crippen LogP contribution in [0.3, 0.4) is 0 Å². The van der Waals surface area contributed by atoms with Crippen LogP contribution in [0.5, 0.6) is 0 Å². The van der Waals surface area contributed by atoms with Crippen molar-refractivity contribution >= 4 is 28.4 Å². The molecule has 3 N–H and O–H groups in total. The van der Waals surface area contributed by atoms with Crippen molar-refractivity contribution in [2.24, 2.45) is 5.73 Å². The lowest BCUT2D eigenvalue weighted by molar-refractivity contribution is 0.0600. The third-order valence-corrected chi connectivity index (χ3v) is 5.91. The molecule has 0 unspecified atom stereocenters. The molecule has 0 radical (unpaired) electrons. The summed E-state index contributed by atoms with van der Waals surface area (Å²) in [6, 6.07) is 4.49. The molecule has 1 aromatic carbocycles. The van der Waals surface area contributed by atoms with Crippen LogP contribution < -0.4 is 10.5 Å². The van der Waals surface area contributed by atoms with Crippen LogP contribution in [-0.2, 0) is 14.8 Å². The molecule has 0 bridgehead atoms. The highest BCUT2D eigenvalue weighted by Gasteiger charge is 2.30. The van der Waals surface area contributed by atoms with Gasteiger partial charge in [-0.15, -0.1) is 12.4 Å². The zero-order valence-electron chi connectivity index (χ0n) is 14.0. The van der Waals surface area contributed by atoms with Gasteiger partial charge in [0.15, 0.2) is 0 Å². The van der Waals surface area contributed by atoms with Gasteiger partial charge in [-0.25, -0.2) is 17.9 Å². The van der Waals surface area contributed by atoms with Crippen molar-refractivity contribution in [3.05, 3.63) is 29.3 Å². The summed E-state index contributed by atoms with van der Waals surface area (Å²) in [6.07, 6.45) is 4.82. The normalized spacial score (nSPS) is 17.0. The lowest BCUT2D eigenvalue weighted by Crippen LogP contribution is -2.51. The number of nitrogens with two attached hydrogens (primary N) is 1. The summed E-state index contributed by atoms with van der Waals surface area (Å²) >= 11 is 0. The van der Waals surface area contributed by atoms with Gasteiger partial charge in [0.1, 0.15) is 0 Å². The van der Waals surface area contributed by atoms with E-state index < -0.39 is 21.5 Å². The molecular weight excluding hydrogens is 352 g/mol. The van der Waals surface area contributed by atoms with Crippen molar-refractivity contribution in [1.29, 1.82) is 0 Å². The standard InChI is InChI=1S/C16H24N2O4S.ClH/c1-12-6-7-13(15(19)22-2)10-14(12)23(20,21)18-11-16(17)8-4-3-5-9-16;/h6-7,10,18H,3-5,8-9,11,17H2,1-2H3;1H. The SMILES string of the molecule is COC(=O)c1ccc(C)c(S(=O)(=O)NCC2(N)CCCCC2)c1.Cl. The zero-order chi connectivity index (χ0) is 17.1. The number of hydrogen-bond donors (Lipinski definition) is 2. The van der Waals surface area contributed by atoms with Gasteiger partial charge in [-0.1, -0.05) is 25.3 Å². The molecule has 1 saturated carbocycles. The average Bonchev–Trinajstić information content (AvgIpc) is 2.53. The van der Waals surface area contributed by atoms with Gasteiger partial charge in [-0.3, -0.25) is 0 Å². The van der Waals surface area contributed by atoms with Gasteiger partial charge in [0.25, 0.3) is 0 Å². The van der Waals surface area contributed by atoms with Crippen LogP contribution in [0.1, 0.15) is 48.0 Å². The fourth-order valence-corrected chi connectivity index (χ4v) is 4.29. The number of halogens is 1. The van der Waals surface area contributed by atoms with Crippen molar-refractivity contribution < 1.29 is 17.9 Å². The Morgan fingerprint density at radius 1 is 1.29 bits per heavy atom. The van der Waals surface area contributed by atoms with Crippen LogP contribution >= 0.6 is 12.4 Å². The summed E-state index contributed by atoms with van der Waals surface area (Å²) in [5.41, 5.74) is 6.57. The molecule has 0 aromatic heterocycles. The summed E-state index contributed by atoms with van der Waals surface area (Å²) in [4.78, 5) is 11.7. The van der Waals surface area contributed by atoms with E-state index in [0.29, 0.717) is 5.56 Å². The van der Waals surface area contributed by atoms with Gasteiger partial charge < -0.3 is 10.5 Å². The molecule has 0 spiro atoms. The minimum Gasteiger partial charge on any atom is -0.465 e. The minimum atomic E-state index is -3.73. The molecule has 0 aliphatic heterocycles. The maximum absolute atomic E-state index is 12.6. The quantitative estimate of drug-likeness (QED) is 0.767. The fraction of sp³-hybridized carbons (Fsp3) is 0.562. The number of benzene rings is 1. The van der Waals surface area contributed by atoms with E-state index in [0.717, 1.165) is 32.1 Å². The molecule has 2 rings (SSSR count). The Morgan fingerprint density at radius 3 is 2.50 bits per heavy atom. The Kier molecular flexibility index (Phi) is 7.22. The molecule has 1 aromatic rings. The Bertz CT molecular complexity index is 685. The predicted molar refractivity (Wildman–Crippen MR) is 95.0 cm³/mol. The third kappa shape index (κ3) is 4.92. The zero-order valence-corrected chi connectivity index (χ0v) is 15.6. The highest BCUT2D eigenvalue weighted by atomic mass is 35.5. The van der Waals surface area contributed by atoms with Gasteiger partial charge in [0, 0.05) is 12.1 Å². The number of carbonyl (C=O) groups excluding carboxylic acids is 1. The number of esters is 1. The third-order valence-electron chi connectivity index (χ3n) is 4.36. The van der Waals surface area contributed by atoms with Gasteiger partial charge in [0.2, 0.25) is 10.0 Å². The Morgan fingerprint density at radius 2 is 1.92 bits per heavy atom. The number of ether oxygens (including phenoxy) is 1. The minimum absolute atomic E-state index is 0. The van der Waals surface area contributed by atoms with Crippen LogP contribution in [0.4, 0.5) is 0 Å². The topological polar surface area (TPSA) is 98.5 Å². The molecule has 8 heteroatoms. The van der Waals surface area contributed by atoms with E-state index in [4.69, 9.17) is 5.73 Å². The second-order valence-corrected chi connectivity index (χ2v) is 7.95. The van der Waals surface area contributed by atoms with E-state index in [9.17, 15) is 13.2 Å². The van der Waals surface area contributed by atoms with Crippen molar-refractivity contribution in [2.45, 2.75) is 49.5 Å². The fourth-order valence-electron chi connectivity index (χ4n) is 2.88. The molecule has 1 fully saturated rings. The number of carbonyl (C=O) groups is 1. The average molecular weight is 377 g/mol. The first-order valence-electron chi connectivity index (χ1n) is 7.75. The number of sulfonamides is 1. The smallest absolute Gasteiger partial charge is 0.337 e. The highest BCUT2D eigenvalue weighted by molar-refractivity contribution is 7.89. The lowest BCUT2D eigenvalue weighted by Gasteiger charge is -2.33. The first kappa shape index (κ1) is 20.9. The molecule has 0 atom stereocenters. The summed E-state index contributed by atoms with van der Waals surface area (Å²) in [6.45, 7) is 1.89. The summed E-state index contributed by atoms with van der Waals surface area (Å²) in [5, 5.41) is 0. The largest absolute Gasteiger partial charge is 0.465 e. The molecular formula is C16H25ClN2O4S. The molecule has 0 heterocycles. The van der Waals surface area contributed by atoms with Crippen molar-refractivity contribution in [3.63, 3.8) is 0 Å². The number of aryl methyl sites for hydroxylation is 1. The molecule has 0 amide bonds. The van der Waals surface area contributed by atoms with Gasteiger partial charge in [-0.05, 0) is 37.5 Å². The number of hydrogen-bond acceptors (Lipinski definition) is 5. The Hall–Kier alpha value is -1.15. The molecule has 0 saturated heterocycles. The Balaban J connectivity index is 0.00000288. The molecule has 136 valence electrons. The number of methoxy groups -OCH3 is 1. The first-order chi connectivity index (χ1) is 10.8. The summed E-state index contributed by atoms with van der Waals surface area (Å²) in [5.74, 6) is -0.566. The van der Waals surface area contributed by atoms with E-state index in [1.807, 2.05) is 0 Å². The second-order valence-electron chi connectivity index (χ2n) is 6.22. The first-order valence-corrected chi connectivity index (χ1v) is 9.23. The Labute approximate surface area is 149 Å². The van der Waals surface area contributed by atoms with Crippen molar-refractivity contribution in [3.8, 4) is 0 Å².